The van der Waals surface area contributed by atoms with Crippen molar-refractivity contribution in [3.05, 3.63) is 110 Å². The van der Waals surface area contributed by atoms with E-state index in [1.54, 1.807) is 23.2 Å². The Morgan fingerprint density at radius 2 is 1.76 bits per heavy atom. The number of rotatable bonds is 5. The van der Waals surface area contributed by atoms with Crippen molar-refractivity contribution in [2.24, 2.45) is 0 Å². The number of benzene rings is 2. The largest absolute Gasteiger partial charge is 0.438 e. The molecule has 0 spiro atoms. The lowest BCUT2D eigenvalue weighted by atomic mass is 10.1. The molecule has 0 bridgehead atoms. The molecule has 1 fully saturated rings. The molecule has 1 amide bonds. The highest BCUT2D eigenvalue weighted by atomic mass is 32.2. The zero-order chi connectivity index (χ0) is 26.3. The van der Waals surface area contributed by atoms with Gasteiger partial charge in [-0.25, -0.2) is 0 Å². The standard InChI is InChI=1S/C29H25N3O3S2/c1-17-12-13-23(19(3)15-17)35-26-22(27(33)31-14-8-9-18(2)25(31)30-26)16-24-28(34)32(29(36)37-24)20(4)21-10-6-5-7-11-21/h5-16,20H,1-4H3/b24-16+. The first-order valence-corrected chi connectivity index (χ1v) is 13.1. The Morgan fingerprint density at radius 3 is 2.49 bits per heavy atom. The number of aryl methyl sites for hydroxylation is 3. The van der Waals surface area contributed by atoms with Crippen LogP contribution in [0.3, 0.4) is 0 Å². The average Bonchev–Trinajstić information content (AvgIpc) is 3.16. The Hall–Kier alpha value is -3.75. The van der Waals surface area contributed by atoms with Crippen LogP contribution >= 0.6 is 24.0 Å². The second kappa shape index (κ2) is 9.95. The van der Waals surface area contributed by atoms with Crippen LogP contribution in [0.1, 0.15) is 40.8 Å². The molecule has 8 heteroatoms. The van der Waals surface area contributed by atoms with E-state index < -0.39 is 0 Å². The van der Waals surface area contributed by atoms with Gasteiger partial charge in [-0.15, -0.1) is 0 Å². The van der Waals surface area contributed by atoms with Gasteiger partial charge in [-0.3, -0.25) is 18.9 Å². The van der Waals surface area contributed by atoms with Crippen LogP contribution in [-0.4, -0.2) is 24.5 Å². The second-order valence-electron chi connectivity index (χ2n) is 9.03. The summed E-state index contributed by atoms with van der Waals surface area (Å²) < 4.78 is 8.13. The molecule has 2 aromatic heterocycles. The molecule has 1 unspecified atom stereocenters. The van der Waals surface area contributed by atoms with E-state index >= 15 is 0 Å². The number of fused-ring (bicyclic) bond motifs is 1. The molecule has 1 aliphatic rings. The van der Waals surface area contributed by atoms with Crippen molar-refractivity contribution in [1.29, 1.82) is 0 Å². The predicted octanol–water partition coefficient (Wildman–Crippen LogP) is 6.37. The number of thiocarbonyl (C=S) groups is 1. The Balaban J connectivity index is 1.62. The average molecular weight is 528 g/mol. The van der Waals surface area contributed by atoms with Crippen molar-refractivity contribution in [2.75, 3.05) is 0 Å². The number of carbonyl (C=O) groups is 1. The molecule has 5 rings (SSSR count). The number of hydrogen-bond donors (Lipinski definition) is 0. The Kier molecular flexibility index (Phi) is 6.70. The molecule has 3 heterocycles. The first-order chi connectivity index (χ1) is 17.7. The zero-order valence-electron chi connectivity index (χ0n) is 20.9. The fourth-order valence-electron chi connectivity index (χ4n) is 4.34. The summed E-state index contributed by atoms with van der Waals surface area (Å²) in [7, 11) is 0. The van der Waals surface area contributed by atoms with Gasteiger partial charge in [0.15, 0.2) is 0 Å². The van der Waals surface area contributed by atoms with Crippen LogP contribution < -0.4 is 10.3 Å². The highest BCUT2D eigenvalue weighted by Crippen LogP contribution is 2.39. The smallest absolute Gasteiger partial charge is 0.269 e. The van der Waals surface area contributed by atoms with Gasteiger partial charge in [0.1, 0.15) is 21.3 Å². The van der Waals surface area contributed by atoms with Crippen molar-refractivity contribution in [3.63, 3.8) is 0 Å². The van der Waals surface area contributed by atoms with E-state index in [4.69, 9.17) is 21.9 Å². The highest BCUT2D eigenvalue weighted by molar-refractivity contribution is 8.26. The van der Waals surface area contributed by atoms with E-state index in [2.05, 4.69) is 0 Å². The van der Waals surface area contributed by atoms with Crippen molar-refractivity contribution >= 4 is 45.9 Å². The fourth-order valence-corrected chi connectivity index (χ4v) is 5.74. The van der Waals surface area contributed by atoms with E-state index in [9.17, 15) is 9.59 Å². The van der Waals surface area contributed by atoms with Crippen LogP contribution in [0, 0.1) is 20.8 Å². The number of aromatic nitrogens is 2. The maximum absolute atomic E-state index is 13.7. The molecule has 0 aliphatic carbocycles. The summed E-state index contributed by atoms with van der Waals surface area (Å²) in [5.74, 6) is 0.487. The molecule has 1 aliphatic heterocycles. The Morgan fingerprint density at radius 1 is 1.00 bits per heavy atom. The van der Waals surface area contributed by atoms with E-state index in [-0.39, 0.29) is 29.0 Å². The summed E-state index contributed by atoms with van der Waals surface area (Å²) in [6.45, 7) is 7.77. The van der Waals surface area contributed by atoms with E-state index in [0.717, 1.165) is 22.3 Å². The summed E-state index contributed by atoms with van der Waals surface area (Å²) in [5.41, 5.74) is 4.19. The first-order valence-electron chi connectivity index (χ1n) is 11.8. The molecule has 0 saturated carbocycles. The topological polar surface area (TPSA) is 63.9 Å². The van der Waals surface area contributed by atoms with Gasteiger partial charge in [0.25, 0.3) is 11.5 Å². The molecule has 2 aromatic carbocycles. The number of pyridine rings is 1. The fraction of sp³-hybridized carbons (Fsp3) is 0.172. The number of ether oxygens (including phenoxy) is 1. The van der Waals surface area contributed by atoms with Crippen LogP contribution in [-0.2, 0) is 4.79 Å². The molecule has 37 heavy (non-hydrogen) atoms. The minimum Gasteiger partial charge on any atom is -0.438 e. The van der Waals surface area contributed by atoms with Gasteiger partial charge in [0.05, 0.1) is 10.9 Å². The zero-order valence-corrected chi connectivity index (χ0v) is 22.5. The normalized spacial score (nSPS) is 15.6. The third kappa shape index (κ3) is 4.70. The van der Waals surface area contributed by atoms with Gasteiger partial charge >= 0.3 is 0 Å². The lowest BCUT2D eigenvalue weighted by Gasteiger charge is -2.23. The molecule has 0 N–H and O–H groups in total. The van der Waals surface area contributed by atoms with Gasteiger partial charge < -0.3 is 4.74 Å². The maximum Gasteiger partial charge on any atom is 0.269 e. The lowest BCUT2D eigenvalue weighted by Crippen LogP contribution is -2.31. The summed E-state index contributed by atoms with van der Waals surface area (Å²) in [4.78, 5) is 33.8. The molecule has 186 valence electrons. The van der Waals surface area contributed by atoms with Crippen LogP contribution in [0.2, 0.25) is 0 Å². The Labute approximate surface area is 224 Å². The van der Waals surface area contributed by atoms with Crippen LogP contribution in [0.25, 0.3) is 11.7 Å². The van der Waals surface area contributed by atoms with Crippen molar-refractivity contribution in [1.82, 2.24) is 14.3 Å². The Bertz CT molecular complexity index is 1640. The molecular formula is C29H25N3O3S2. The molecule has 0 radical (unpaired) electrons. The van der Waals surface area contributed by atoms with Crippen molar-refractivity contribution < 1.29 is 9.53 Å². The van der Waals surface area contributed by atoms with Gasteiger partial charge in [-0.1, -0.05) is 78.1 Å². The summed E-state index contributed by atoms with van der Waals surface area (Å²) in [6, 6.07) is 19.0. The molecule has 4 aromatic rings. The maximum atomic E-state index is 13.7. The molecule has 1 atom stereocenters. The molecule has 1 saturated heterocycles. The quantitative estimate of drug-likeness (QED) is 0.222. The number of carbonyl (C=O) groups excluding carboxylic acids is 1. The molecule has 6 nitrogen and oxygen atoms in total. The third-order valence-electron chi connectivity index (χ3n) is 6.35. The van der Waals surface area contributed by atoms with Crippen LogP contribution in [0.4, 0.5) is 0 Å². The van der Waals surface area contributed by atoms with E-state index in [1.807, 2.05) is 82.3 Å². The highest BCUT2D eigenvalue weighted by Gasteiger charge is 2.36. The first kappa shape index (κ1) is 24.9. The third-order valence-corrected chi connectivity index (χ3v) is 7.69. The van der Waals surface area contributed by atoms with Crippen molar-refractivity contribution in [3.8, 4) is 11.6 Å². The van der Waals surface area contributed by atoms with Crippen LogP contribution in [0.15, 0.2) is 76.6 Å². The lowest BCUT2D eigenvalue weighted by molar-refractivity contribution is -0.123. The SMILES string of the molecule is Cc1ccc(Oc2nc3c(C)cccn3c(=O)c2/C=C2/SC(=S)N(C(C)c3ccccc3)C2=O)c(C)c1. The van der Waals surface area contributed by atoms with Crippen molar-refractivity contribution in [2.45, 2.75) is 33.7 Å². The van der Waals surface area contributed by atoms with Gasteiger partial charge in [-0.2, -0.15) is 4.98 Å². The van der Waals surface area contributed by atoms with Gasteiger partial charge in [-0.05, 0) is 62.6 Å². The van der Waals surface area contributed by atoms with Gasteiger partial charge in [0.2, 0.25) is 5.88 Å². The number of nitrogens with zero attached hydrogens (tertiary/aromatic N) is 3. The summed E-state index contributed by atoms with van der Waals surface area (Å²) in [5, 5.41) is 0. The number of hydrogen-bond acceptors (Lipinski definition) is 6. The summed E-state index contributed by atoms with van der Waals surface area (Å²) >= 11 is 6.75. The monoisotopic (exact) mass is 527 g/mol. The van der Waals surface area contributed by atoms with Gasteiger partial charge in [0, 0.05) is 6.20 Å². The molecular weight excluding hydrogens is 502 g/mol. The van der Waals surface area contributed by atoms with Crippen LogP contribution in [0.5, 0.6) is 11.6 Å². The van der Waals surface area contributed by atoms with E-state index in [0.29, 0.717) is 20.6 Å². The summed E-state index contributed by atoms with van der Waals surface area (Å²) in [6.07, 6.45) is 3.22. The minimum atomic E-state index is -0.324. The number of amides is 1. The predicted molar refractivity (Wildman–Crippen MR) is 152 cm³/mol. The second-order valence-corrected chi connectivity index (χ2v) is 10.7. The van der Waals surface area contributed by atoms with E-state index in [1.165, 1.54) is 16.2 Å². The number of thioether (sulfide) groups is 1. The minimum absolute atomic E-state index is 0.146.